The molecule has 0 heterocycles. The first-order valence-electron chi connectivity index (χ1n) is 4.93. The molecule has 4 nitrogen and oxygen atoms in total. The molecule has 15 heavy (non-hydrogen) atoms. The van der Waals surface area contributed by atoms with Crippen LogP contribution in [-0.4, -0.2) is 18.5 Å². The fourth-order valence-electron chi connectivity index (χ4n) is 1.01. The van der Waals surface area contributed by atoms with E-state index in [9.17, 15) is 0 Å². The van der Waals surface area contributed by atoms with Crippen molar-refractivity contribution in [1.82, 2.24) is 5.43 Å². The Labute approximate surface area is 90.1 Å². The summed E-state index contributed by atoms with van der Waals surface area (Å²) in [6.45, 7) is 4.33. The number of rotatable bonds is 4. The highest BCUT2D eigenvalue weighted by molar-refractivity contribution is 5.85. The first-order valence-corrected chi connectivity index (χ1v) is 4.93. The van der Waals surface area contributed by atoms with E-state index in [1.165, 1.54) is 0 Å². The van der Waals surface area contributed by atoms with Gasteiger partial charge in [-0.1, -0.05) is 18.2 Å². The van der Waals surface area contributed by atoms with Crippen molar-refractivity contribution in [2.75, 3.05) is 6.61 Å². The van der Waals surface area contributed by atoms with Crippen molar-refractivity contribution >= 4 is 11.5 Å². The molecule has 4 heteroatoms. The molecular formula is C11H17N3O. The van der Waals surface area contributed by atoms with E-state index in [0.717, 1.165) is 5.69 Å². The number of hydrazine groups is 1. The minimum Gasteiger partial charge on any atom is -0.371 e. The number of nitrogens with two attached hydrogens (primary N) is 1. The molecule has 0 unspecified atom stereocenters. The topological polar surface area (TPSA) is 59.6 Å². The van der Waals surface area contributed by atoms with E-state index in [1.54, 1.807) is 0 Å². The third kappa shape index (κ3) is 4.58. The van der Waals surface area contributed by atoms with Gasteiger partial charge in [-0.3, -0.25) is 0 Å². The van der Waals surface area contributed by atoms with Crippen molar-refractivity contribution < 1.29 is 4.74 Å². The van der Waals surface area contributed by atoms with E-state index in [-0.39, 0.29) is 6.10 Å². The number of amidine groups is 1. The Morgan fingerprint density at radius 3 is 2.60 bits per heavy atom. The SMILES string of the molecule is CC(C)OCC(=Nc1ccccc1)NN. The molecule has 82 valence electrons. The van der Waals surface area contributed by atoms with Crippen LogP contribution < -0.4 is 11.3 Å². The van der Waals surface area contributed by atoms with Crippen LogP contribution in [-0.2, 0) is 4.74 Å². The van der Waals surface area contributed by atoms with E-state index in [2.05, 4.69) is 10.4 Å². The molecule has 1 rings (SSSR count). The quantitative estimate of drug-likeness (QED) is 0.341. The molecule has 0 spiro atoms. The van der Waals surface area contributed by atoms with Gasteiger partial charge in [-0.2, -0.15) is 0 Å². The Morgan fingerprint density at radius 1 is 1.40 bits per heavy atom. The Kier molecular flexibility index (Phi) is 4.80. The maximum atomic E-state index is 5.39. The molecule has 1 aromatic carbocycles. The molecule has 0 aliphatic rings. The summed E-state index contributed by atoms with van der Waals surface area (Å²) in [4.78, 5) is 4.30. The lowest BCUT2D eigenvalue weighted by Crippen LogP contribution is -2.34. The van der Waals surface area contributed by atoms with E-state index in [0.29, 0.717) is 12.4 Å². The predicted octanol–water partition coefficient (Wildman–Crippen LogP) is 1.60. The third-order valence-corrected chi connectivity index (χ3v) is 1.74. The normalized spacial score (nSPS) is 11.9. The Bertz CT molecular complexity index is 309. The van der Waals surface area contributed by atoms with Gasteiger partial charge < -0.3 is 10.2 Å². The molecule has 0 fully saturated rings. The summed E-state index contributed by atoms with van der Waals surface area (Å²) < 4.78 is 5.39. The predicted molar refractivity (Wildman–Crippen MR) is 61.9 cm³/mol. The van der Waals surface area contributed by atoms with Crippen LogP contribution in [0.4, 0.5) is 5.69 Å². The van der Waals surface area contributed by atoms with Gasteiger partial charge in [-0.05, 0) is 26.0 Å². The van der Waals surface area contributed by atoms with Crippen molar-refractivity contribution in [1.29, 1.82) is 0 Å². The molecule has 0 amide bonds. The molecule has 0 radical (unpaired) electrons. The second kappa shape index (κ2) is 6.16. The molecule has 0 bridgehead atoms. The van der Waals surface area contributed by atoms with Crippen molar-refractivity contribution in [2.45, 2.75) is 20.0 Å². The number of hydrogen-bond acceptors (Lipinski definition) is 3. The summed E-state index contributed by atoms with van der Waals surface area (Å²) >= 11 is 0. The van der Waals surface area contributed by atoms with E-state index < -0.39 is 0 Å². The van der Waals surface area contributed by atoms with Crippen molar-refractivity contribution in [3.05, 3.63) is 30.3 Å². The van der Waals surface area contributed by atoms with Crippen LogP contribution in [0.2, 0.25) is 0 Å². The number of nitrogens with zero attached hydrogens (tertiary/aromatic N) is 1. The highest BCUT2D eigenvalue weighted by Crippen LogP contribution is 2.09. The van der Waals surface area contributed by atoms with Crippen LogP contribution in [0.3, 0.4) is 0 Å². The second-order valence-corrected chi connectivity index (χ2v) is 3.40. The lowest BCUT2D eigenvalue weighted by molar-refractivity contribution is 0.109. The van der Waals surface area contributed by atoms with Gasteiger partial charge in [0.1, 0.15) is 12.4 Å². The van der Waals surface area contributed by atoms with Crippen LogP contribution in [0, 0.1) is 0 Å². The number of para-hydroxylation sites is 1. The minimum atomic E-state index is 0.166. The first kappa shape index (κ1) is 11.7. The highest BCUT2D eigenvalue weighted by Gasteiger charge is 1.99. The largest absolute Gasteiger partial charge is 0.371 e. The zero-order chi connectivity index (χ0) is 11.1. The molecule has 0 aliphatic heterocycles. The second-order valence-electron chi connectivity index (χ2n) is 3.40. The average molecular weight is 207 g/mol. The maximum absolute atomic E-state index is 5.39. The van der Waals surface area contributed by atoms with Gasteiger partial charge in [-0.15, -0.1) is 0 Å². The number of benzene rings is 1. The molecular weight excluding hydrogens is 190 g/mol. The van der Waals surface area contributed by atoms with E-state index in [4.69, 9.17) is 10.6 Å². The summed E-state index contributed by atoms with van der Waals surface area (Å²) in [7, 11) is 0. The van der Waals surface area contributed by atoms with E-state index in [1.807, 2.05) is 44.2 Å². The Morgan fingerprint density at radius 2 is 2.07 bits per heavy atom. The van der Waals surface area contributed by atoms with Crippen LogP contribution in [0.25, 0.3) is 0 Å². The van der Waals surface area contributed by atoms with Crippen LogP contribution in [0.5, 0.6) is 0 Å². The highest BCUT2D eigenvalue weighted by atomic mass is 16.5. The zero-order valence-electron chi connectivity index (χ0n) is 9.10. The van der Waals surface area contributed by atoms with E-state index >= 15 is 0 Å². The van der Waals surface area contributed by atoms with Crippen LogP contribution in [0.15, 0.2) is 35.3 Å². The first-order chi connectivity index (χ1) is 7.22. The summed E-state index contributed by atoms with van der Waals surface area (Å²) in [5.74, 6) is 5.97. The molecule has 0 saturated carbocycles. The van der Waals surface area contributed by atoms with Crippen molar-refractivity contribution in [3.8, 4) is 0 Å². The Hall–Kier alpha value is -1.39. The number of hydrogen-bond donors (Lipinski definition) is 2. The average Bonchev–Trinajstić information content (AvgIpc) is 2.25. The van der Waals surface area contributed by atoms with Gasteiger partial charge >= 0.3 is 0 Å². The number of aliphatic imine (C=N–C) groups is 1. The molecule has 0 aromatic heterocycles. The smallest absolute Gasteiger partial charge is 0.142 e. The molecule has 0 saturated heterocycles. The fraction of sp³-hybridized carbons (Fsp3) is 0.364. The molecule has 0 aliphatic carbocycles. The zero-order valence-corrected chi connectivity index (χ0v) is 9.10. The summed E-state index contributed by atoms with van der Waals surface area (Å²) in [5, 5.41) is 0. The third-order valence-electron chi connectivity index (χ3n) is 1.74. The summed E-state index contributed by atoms with van der Waals surface area (Å²) in [6, 6.07) is 9.62. The fourth-order valence-corrected chi connectivity index (χ4v) is 1.01. The van der Waals surface area contributed by atoms with Gasteiger partial charge in [0.25, 0.3) is 0 Å². The van der Waals surface area contributed by atoms with Gasteiger partial charge in [0.2, 0.25) is 0 Å². The Balaban J connectivity index is 2.62. The maximum Gasteiger partial charge on any atom is 0.142 e. The van der Waals surface area contributed by atoms with Crippen LogP contribution >= 0.6 is 0 Å². The lowest BCUT2D eigenvalue weighted by Gasteiger charge is -2.09. The minimum absolute atomic E-state index is 0.166. The van der Waals surface area contributed by atoms with Gasteiger partial charge in [0.15, 0.2) is 0 Å². The summed E-state index contributed by atoms with van der Waals surface area (Å²) in [5.41, 5.74) is 3.39. The molecule has 3 N–H and O–H groups in total. The van der Waals surface area contributed by atoms with Gasteiger partial charge in [0, 0.05) is 0 Å². The standard InChI is InChI=1S/C11H17N3O/c1-9(2)15-8-11(14-12)13-10-6-4-3-5-7-10/h3-7,9H,8,12H2,1-2H3,(H,13,14). The molecule has 0 atom stereocenters. The number of nitrogens with one attached hydrogen (secondary N) is 1. The van der Waals surface area contributed by atoms with Gasteiger partial charge in [-0.25, -0.2) is 10.8 Å². The molecule has 1 aromatic rings. The van der Waals surface area contributed by atoms with Crippen LogP contribution in [0.1, 0.15) is 13.8 Å². The number of ether oxygens (including phenoxy) is 1. The lowest BCUT2D eigenvalue weighted by atomic mass is 10.3. The van der Waals surface area contributed by atoms with Gasteiger partial charge in [0.05, 0.1) is 11.8 Å². The van der Waals surface area contributed by atoms with Crippen molar-refractivity contribution in [3.63, 3.8) is 0 Å². The van der Waals surface area contributed by atoms with Crippen molar-refractivity contribution in [2.24, 2.45) is 10.8 Å². The summed E-state index contributed by atoms with van der Waals surface area (Å²) in [6.07, 6.45) is 0.166. The monoisotopic (exact) mass is 207 g/mol.